The monoisotopic (exact) mass is 94.0 g/mol. The maximum atomic E-state index is 9.47. The van der Waals surface area contributed by atoms with Crippen molar-refractivity contribution < 1.29 is 4.57 Å². The molecule has 0 aliphatic carbocycles. The summed E-state index contributed by atoms with van der Waals surface area (Å²) in [6, 6.07) is 0. The third kappa shape index (κ3) is 4.15. The summed E-state index contributed by atoms with van der Waals surface area (Å²) in [5.41, 5.74) is 2.24. The van der Waals surface area contributed by atoms with Gasteiger partial charge < -0.3 is 4.57 Å². The molecule has 1 atom stereocenters. The van der Waals surface area contributed by atoms with E-state index in [9.17, 15) is 4.57 Å². The van der Waals surface area contributed by atoms with Crippen LogP contribution in [0.5, 0.6) is 0 Å². The van der Waals surface area contributed by atoms with Crippen molar-refractivity contribution in [3.8, 4) is 0 Å². The SMILES string of the molecule is NNC[PH2]=O. The standard InChI is InChI=1S/CH7N2OP/c2-3-1-5-4/h3H,1-2,5H2. The van der Waals surface area contributed by atoms with E-state index in [2.05, 4.69) is 5.43 Å². The van der Waals surface area contributed by atoms with Gasteiger partial charge in [0.05, 0.1) is 14.7 Å². The lowest BCUT2D eigenvalue weighted by molar-refractivity contribution is 0.595. The van der Waals surface area contributed by atoms with Gasteiger partial charge in [0.2, 0.25) is 0 Å². The zero-order chi connectivity index (χ0) is 4.12. The second-order valence-electron chi connectivity index (χ2n) is 0.575. The molecule has 0 amide bonds. The lowest BCUT2D eigenvalue weighted by Gasteiger charge is -1.77. The lowest BCUT2D eigenvalue weighted by atomic mass is 11.5. The van der Waals surface area contributed by atoms with E-state index >= 15 is 0 Å². The molecule has 5 heavy (non-hydrogen) atoms. The molecule has 0 heterocycles. The van der Waals surface area contributed by atoms with Crippen LogP contribution in [0.3, 0.4) is 0 Å². The highest BCUT2D eigenvalue weighted by molar-refractivity contribution is 7.23. The first-order valence-electron chi connectivity index (χ1n) is 1.29. The van der Waals surface area contributed by atoms with Gasteiger partial charge in [-0.05, 0) is 0 Å². The number of rotatable bonds is 2. The number of hydrogen-bond acceptors (Lipinski definition) is 3. The van der Waals surface area contributed by atoms with Gasteiger partial charge in [-0.25, -0.2) is 0 Å². The molecule has 0 fully saturated rings. The smallest absolute Gasteiger partial charge is 0.0790 e. The number of nitrogens with one attached hydrogen (secondary N) is 1. The Kier molecular flexibility index (Phi) is 4.27. The molecule has 0 radical (unpaired) electrons. The molecule has 0 spiro atoms. The van der Waals surface area contributed by atoms with Gasteiger partial charge in [-0.1, -0.05) is 0 Å². The van der Waals surface area contributed by atoms with Gasteiger partial charge >= 0.3 is 0 Å². The van der Waals surface area contributed by atoms with Crippen LogP contribution >= 0.6 is 8.46 Å². The Morgan fingerprint density at radius 2 is 2.60 bits per heavy atom. The van der Waals surface area contributed by atoms with Gasteiger partial charge in [-0.3, -0.25) is 11.3 Å². The van der Waals surface area contributed by atoms with Crippen LogP contribution in [0.4, 0.5) is 0 Å². The molecule has 0 saturated heterocycles. The van der Waals surface area contributed by atoms with E-state index in [0.29, 0.717) is 6.29 Å². The van der Waals surface area contributed by atoms with Crippen molar-refractivity contribution in [2.75, 3.05) is 6.29 Å². The Morgan fingerprint density at radius 3 is 2.60 bits per heavy atom. The molecular formula is CH7N2OP. The summed E-state index contributed by atoms with van der Waals surface area (Å²) >= 11 is 0. The molecule has 0 aromatic heterocycles. The molecule has 0 aromatic carbocycles. The number of hydrazine groups is 1. The van der Waals surface area contributed by atoms with Gasteiger partial charge in [-0.15, -0.1) is 0 Å². The summed E-state index contributed by atoms with van der Waals surface area (Å²) in [5, 5.41) is 0. The molecular weight excluding hydrogens is 87.0 g/mol. The van der Waals surface area contributed by atoms with Crippen molar-refractivity contribution in [3.05, 3.63) is 0 Å². The molecule has 1 unspecified atom stereocenters. The molecule has 0 rings (SSSR count). The van der Waals surface area contributed by atoms with Gasteiger partial charge in [0.1, 0.15) is 0 Å². The van der Waals surface area contributed by atoms with Crippen molar-refractivity contribution in [2.45, 2.75) is 0 Å². The summed E-state index contributed by atoms with van der Waals surface area (Å²) in [6.07, 6.45) is 0.444. The van der Waals surface area contributed by atoms with Gasteiger partial charge in [0.15, 0.2) is 0 Å². The highest BCUT2D eigenvalue weighted by atomic mass is 31.1. The molecule has 4 heteroatoms. The minimum Gasteiger partial charge on any atom is -0.329 e. The summed E-state index contributed by atoms with van der Waals surface area (Å²) in [7, 11) is -0.700. The normalized spacial score (nSPS) is 10.6. The van der Waals surface area contributed by atoms with Crippen LogP contribution in [-0.2, 0) is 4.57 Å². The second kappa shape index (κ2) is 4.15. The second-order valence-corrected chi connectivity index (χ2v) is 1.32. The van der Waals surface area contributed by atoms with Crippen LogP contribution in [-0.4, -0.2) is 6.29 Å². The Hall–Kier alpha value is 0.150. The van der Waals surface area contributed by atoms with Crippen molar-refractivity contribution in [1.29, 1.82) is 0 Å². The number of hydrogen-bond donors (Lipinski definition) is 2. The maximum Gasteiger partial charge on any atom is 0.0790 e. The van der Waals surface area contributed by atoms with Crippen LogP contribution in [0.1, 0.15) is 0 Å². The van der Waals surface area contributed by atoms with Gasteiger partial charge in [0, 0.05) is 0 Å². The van der Waals surface area contributed by atoms with Crippen LogP contribution in [0.15, 0.2) is 0 Å². The van der Waals surface area contributed by atoms with Crippen molar-refractivity contribution >= 4 is 8.46 Å². The molecule has 32 valence electrons. The lowest BCUT2D eigenvalue weighted by Crippen LogP contribution is -2.18. The minimum absolute atomic E-state index is 0.444. The highest BCUT2D eigenvalue weighted by Crippen LogP contribution is 1.78. The molecule has 3 nitrogen and oxygen atoms in total. The van der Waals surface area contributed by atoms with Crippen molar-refractivity contribution in [2.24, 2.45) is 5.84 Å². The molecule has 0 saturated carbocycles. The zero-order valence-corrected chi connectivity index (χ0v) is 3.92. The maximum absolute atomic E-state index is 9.47. The highest BCUT2D eigenvalue weighted by Gasteiger charge is 1.61. The third-order valence-corrected chi connectivity index (χ3v) is 0.604. The van der Waals surface area contributed by atoms with Crippen LogP contribution < -0.4 is 11.3 Å². The zero-order valence-electron chi connectivity index (χ0n) is 2.77. The molecule has 0 aromatic rings. The van der Waals surface area contributed by atoms with Crippen LogP contribution in [0.25, 0.3) is 0 Å². The van der Waals surface area contributed by atoms with E-state index in [1.54, 1.807) is 0 Å². The summed E-state index contributed by atoms with van der Waals surface area (Å²) < 4.78 is 9.47. The van der Waals surface area contributed by atoms with Gasteiger partial charge in [0.25, 0.3) is 0 Å². The first-order valence-corrected chi connectivity index (χ1v) is 2.57. The van der Waals surface area contributed by atoms with E-state index in [4.69, 9.17) is 5.84 Å². The predicted octanol–water partition coefficient (Wildman–Crippen LogP) is -0.837. The third-order valence-electron chi connectivity index (χ3n) is 0.201. The van der Waals surface area contributed by atoms with E-state index in [1.165, 1.54) is 0 Å². The molecule has 0 aliphatic rings. The fourth-order valence-corrected chi connectivity index (χ4v) is 0.144. The van der Waals surface area contributed by atoms with E-state index in [0.717, 1.165) is 0 Å². The topological polar surface area (TPSA) is 55.1 Å². The largest absolute Gasteiger partial charge is 0.329 e. The molecule has 0 bridgehead atoms. The van der Waals surface area contributed by atoms with Gasteiger partial charge in [-0.2, -0.15) is 0 Å². The van der Waals surface area contributed by atoms with Crippen molar-refractivity contribution in [3.63, 3.8) is 0 Å². The Balaban J connectivity index is 2.40. The first kappa shape index (κ1) is 5.15. The average Bonchev–Trinajstić information content (AvgIpc) is 1.41. The van der Waals surface area contributed by atoms with Crippen molar-refractivity contribution in [1.82, 2.24) is 5.43 Å². The quantitative estimate of drug-likeness (QED) is 0.266. The Morgan fingerprint density at radius 1 is 2.00 bits per heavy atom. The fourth-order valence-electron chi connectivity index (χ4n) is 0.0481. The average molecular weight is 94.1 g/mol. The van der Waals surface area contributed by atoms with E-state index in [1.807, 2.05) is 0 Å². The summed E-state index contributed by atoms with van der Waals surface area (Å²) in [5.74, 6) is 4.71. The summed E-state index contributed by atoms with van der Waals surface area (Å²) in [4.78, 5) is 0. The Labute approximate surface area is 31.7 Å². The minimum atomic E-state index is -0.700. The Bertz CT molecular complexity index is 30.8. The summed E-state index contributed by atoms with van der Waals surface area (Å²) in [6.45, 7) is 0. The fraction of sp³-hybridized carbons (Fsp3) is 1.00. The van der Waals surface area contributed by atoms with Crippen LogP contribution in [0, 0.1) is 0 Å². The molecule has 3 N–H and O–H groups in total. The van der Waals surface area contributed by atoms with E-state index < -0.39 is 8.46 Å². The first-order chi connectivity index (χ1) is 2.41. The molecule has 0 aliphatic heterocycles. The van der Waals surface area contributed by atoms with E-state index in [-0.39, 0.29) is 0 Å². The number of nitrogens with two attached hydrogens (primary N) is 1. The van der Waals surface area contributed by atoms with Crippen LogP contribution in [0.2, 0.25) is 0 Å². The predicted molar refractivity (Wildman–Crippen MR) is 22.6 cm³/mol.